The fourth-order valence-corrected chi connectivity index (χ4v) is 4.43. The van der Waals surface area contributed by atoms with E-state index in [1.165, 1.54) is 16.3 Å². The minimum atomic E-state index is 0.701. The molecule has 0 bridgehead atoms. The van der Waals surface area contributed by atoms with Crippen molar-refractivity contribution in [3.8, 4) is 22.5 Å². The fourth-order valence-electron chi connectivity index (χ4n) is 4.43. The summed E-state index contributed by atoms with van der Waals surface area (Å²) < 4.78 is 6.17. The minimum Gasteiger partial charge on any atom is -0.452 e. The van der Waals surface area contributed by atoms with Crippen LogP contribution in [0.4, 0.5) is 0 Å². The van der Waals surface area contributed by atoms with Crippen LogP contribution < -0.4 is 0 Å². The quantitative estimate of drug-likeness (QED) is 0.286. The van der Waals surface area contributed by atoms with Crippen molar-refractivity contribution in [3.05, 3.63) is 103 Å². The van der Waals surface area contributed by atoms with E-state index in [1.807, 2.05) is 25.1 Å². The van der Waals surface area contributed by atoms with Gasteiger partial charge in [0.05, 0.1) is 0 Å². The molecule has 3 nitrogen and oxygen atoms in total. The number of benzene rings is 4. The molecule has 158 valence electrons. The van der Waals surface area contributed by atoms with Gasteiger partial charge in [-0.15, -0.1) is 0 Å². The first-order chi connectivity index (χ1) is 16.2. The highest BCUT2D eigenvalue weighted by Gasteiger charge is 2.17. The predicted octanol–water partition coefficient (Wildman–Crippen LogP) is 8.29. The molecule has 0 fully saturated rings. The normalized spacial score (nSPS) is 12.1. The Morgan fingerprint density at radius 1 is 0.758 bits per heavy atom. The molecule has 0 saturated heterocycles. The van der Waals surface area contributed by atoms with Crippen molar-refractivity contribution in [2.24, 2.45) is 0 Å². The van der Waals surface area contributed by atoms with Crippen LogP contribution in [0.5, 0.6) is 0 Å². The average Bonchev–Trinajstić information content (AvgIpc) is 3.26. The third-order valence-corrected chi connectivity index (χ3v) is 6.25. The number of hydrogen-bond donors (Lipinski definition) is 0. The maximum absolute atomic E-state index is 6.17. The van der Waals surface area contributed by atoms with E-state index in [1.54, 1.807) is 0 Å². The van der Waals surface area contributed by atoms with Gasteiger partial charge in [0.1, 0.15) is 16.8 Å². The highest BCUT2D eigenvalue weighted by molar-refractivity contribution is 6.05. The van der Waals surface area contributed by atoms with Crippen LogP contribution in [0, 0.1) is 0 Å². The van der Waals surface area contributed by atoms with Gasteiger partial charge >= 0.3 is 0 Å². The number of fused-ring (bicyclic) bond motifs is 4. The lowest BCUT2D eigenvalue weighted by molar-refractivity contribution is 0.664. The van der Waals surface area contributed by atoms with Crippen molar-refractivity contribution in [1.82, 2.24) is 9.97 Å². The summed E-state index contributed by atoms with van der Waals surface area (Å²) in [5.74, 6) is 0.701. The van der Waals surface area contributed by atoms with Crippen molar-refractivity contribution in [2.75, 3.05) is 0 Å². The Kier molecular flexibility index (Phi) is 4.55. The van der Waals surface area contributed by atoms with Crippen LogP contribution in [-0.2, 0) is 0 Å². The summed E-state index contributed by atoms with van der Waals surface area (Å²) in [7, 11) is 0. The highest BCUT2D eigenvalue weighted by Crippen LogP contribution is 2.35. The number of allylic oxidation sites excluding steroid dienone is 2. The van der Waals surface area contributed by atoms with E-state index in [-0.39, 0.29) is 0 Å². The zero-order chi connectivity index (χ0) is 22.4. The van der Waals surface area contributed by atoms with Crippen molar-refractivity contribution in [2.45, 2.75) is 13.8 Å². The molecule has 0 atom stereocenters. The molecule has 3 heteroatoms. The molecule has 0 saturated carbocycles. The molecule has 0 spiro atoms. The first kappa shape index (κ1) is 19.4. The van der Waals surface area contributed by atoms with E-state index < -0.39 is 0 Å². The molecule has 0 aliphatic carbocycles. The van der Waals surface area contributed by atoms with Crippen molar-refractivity contribution >= 4 is 38.4 Å². The SMILES string of the molecule is CC=C(C)c1nc(-c2cccc(-c3cccc4ccccc34)c2)nc2c1oc1ccccc12. The average molecular weight is 427 g/mol. The van der Waals surface area contributed by atoms with Crippen molar-refractivity contribution < 1.29 is 4.42 Å². The summed E-state index contributed by atoms with van der Waals surface area (Å²) in [6.45, 7) is 4.08. The summed E-state index contributed by atoms with van der Waals surface area (Å²) in [4.78, 5) is 9.94. The van der Waals surface area contributed by atoms with Crippen LogP contribution in [0.3, 0.4) is 0 Å². The molecule has 0 unspecified atom stereocenters. The summed E-state index contributed by atoms with van der Waals surface area (Å²) in [6.07, 6.45) is 2.06. The number of rotatable bonds is 3. The maximum Gasteiger partial charge on any atom is 0.179 e. The summed E-state index contributed by atoms with van der Waals surface area (Å²) in [5.41, 5.74) is 7.65. The molecular weight excluding hydrogens is 404 g/mol. The number of nitrogens with zero attached hydrogens (tertiary/aromatic N) is 2. The lowest BCUT2D eigenvalue weighted by atomic mass is 9.97. The Morgan fingerprint density at radius 3 is 2.36 bits per heavy atom. The van der Waals surface area contributed by atoms with Gasteiger partial charge in [-0.1, -0.05) is 78.9 Å². The predicted molar refractivity (Wildman–Crippen MR) is 137 cm³/mol. The number of aromatic nitrogens is 2. The minimum absolute atomic E-state index is 0.701. The Labute approximate surface area is 192 Å². The monoisotopic (exact) mass is 426 g/mol. The molecule has 2 heterocycles. The van der Waals surface area contributed by atoms with Gasteiger partial charge in [0.25, 0.3) is 0 Å². The first-order valence-electron chi connectivity index (χ1n) is 11.1. The van der Waals surface area contributed by atoms with Crippen LogP contribution in [-0.4, -0.2) is 9.97 Å². The van der Waals surface area contributed by atoms with Crippen LogP contribution in [0.15, 0.2) is 101 Å². The second-order valence-corrected chi connectivity index (χ2v) is 8.25. The Bertz CT molecular complexity index is 1690. The van der Waals surface area contributed by atoms with E-state index in [9.17, 15) is 0 Å². The van der Waals surface area contributed by atoms with Crippen LogP contribution in [0.1, 0.15) is 19.5 Å². The van der Waals surface area contributed by atoms with Gasteiger partial charge < -0.3 is 4.42 Å². The van der Waals surface area contributed by atoms with E-state index in [0.717, 1.165) is 44.5 Å². The second kappa shape index (κ2) is 7.72. The lowest BCUT2D eigenvalue weighted by Crippen LogP contribution is -1.96. The van der Waals surface area contributed by atoms with Crippen molar-refractivity contribution in [1.29, 1.82) is 0 Å². The molecular formula is C30H22N2O. The smallest absolute Gasteiger partial charge is 0.179 e. The first-order valence-corrected chi connectivity index (χ1v) is 11.1. The molecule has 0 aliphatic rings. The van der Waals surface area contributed by atoms with Gasteiger partial charge in [0, 0.05) is 10.9 Å². The zero-order valence-electron chi connectivity index (χ0n) is 18.5. The standard InChI is InChI=1S/C30H22N2O/c1-3-19(2)27-29-28(25-15-6-7-17-26(25)33-29)32-30(31-27)22-13-8-12-21(18-22)24-16-9-11-20-10-4-5-14-23(20)24/h3-18H,1-2H3. The van der Waals surface area contributed by atoms with Gasteiger partial charge in [-0.25, -0.2) is 9.97 Å². The van der Waals surface area contributed by atoms with E-state index in [4.69, 9.17) is 14.4 Å². The molecule has 6 aromatic rings. The summed E-state index contributed by atoms with van der Waals surface area (Å²) >= 11 is 0. The molecule has 33 heavy (non-hydrogen) atoms. The summed E-state index contributed by atoms with van der Waals surface area (Å²) in [6, 6.07) is 31.4. The number of hydrogen-bond acceptors (Lipinski definition) is 3. The molecule has 6 rings (SSSR count). The molecule has 0 radical (unpaired) electrons. The van der Waals surface area contributed by atoms with Crippen LogP contribution in [0.2, 0.25) is 0 Å². The van der Waals surface area contributed by atoms with E-state index in [0.29, 0.717) is 5.82 Å². The third kappa shape index (κ3) is 3.21. The van der Waals surface area contributed by atoms with Gasteiger partial charge in [-0.3, -0.25) is 0 Å². The highest BCUT2D eigenvalue weighted by atomic mass is 16.3. The molecule has 0 amide bonds. The molecule has 0 aliphatic heterocycles. The van der Waals surface area contributed by atoms with Crippen LogP contribution in [0.25, 0.3) is 60.9 Å². The fraction of sp³-hybridized carbons (Fsp3) is 0.0667. The number of furan rings is 1. The lowest BCUT2D eigenvalue weighted by Gasteiger charge is -2.10. The molecule has 2 aromatic heterocycles. The topological polar surface area (TPSA) is 38.9 Å². The molecule has 0 N–H and O–H groups in total. The van der Waals surface area contributed by atoms with Crippen LogP contribution >= 0.6 is 0 Å². The second-order valence-electron chi connectivity index (χ2n) is 8.25. The van der Waals surface area contributed by atoms with Crippen molar-refractivity contribution in [3.63, 3.8) is 0 Å². The Balaban J connectivity index is 1.59. The van der Waals surface area contributed by atoms with Gasteiger partial charge in [-0.2, -0.15) is 0 Å². The summed E-state index contributed by atoms with van der Waals surface area (Å²) in [5, 5.41) is 3.47. The Morgan fingerprint density at radius 2 is 1.48 bits per heavy atom. The van der Waals surface area contributed by atoms with Gasteiger partial charge in [-0.05, 0) is 59.5 Å². The maximum atomic E-state index is 6.17. The number of para-hydroxylation sites is 1. The molecule has 4 aromatic carbocycles. The Hall–Kier alpha value is -4.24. The van der Waals surface area contributed by atoms with E-state index >= 15 is 0 Å². The largest absolute Gasteiger partial charge is 0.452 e. The van der Waals surface area contributed by atoms with Gasteiger partial charge in [0.2, 0.25) is 0 Å². The van der Waals surface area contributed by atoms with E-state index in [2.05, 4.69) is 85.8 Å². The zero-order valence-corrected chi connectivity index (χ0v) is 18.5. The third-order valence-electron chi connectivity index (χ3n) is 6.25. The van der Waals surface area contributed by atoms with Gasteiger partial charge in [0.15, 0.2) is 11.4 Å².